The van der Waals surface area contributed by atoms with Crippen LogP contribution in [0.25, 0.3) is 0 Å². The second kappa shape index (κ2) is 6.35. The molecule has 0 aromatic carbocycles. The van der Waals surface area contributed by atoms with E-state index >= 15 is 0 Å². The minimum absolute atomic E-state index is 0.135. The average molecular weight is 311 g/mol. The van der Waals surface area contributed by atoms with E-state index in [4.69, 9.17) is 9.72 Å². The van der Waals surface area contributed by atoms with Gasteiger partial charge in [-0.1, -0.05) is 6.92 Å². The third-order valence-electron chi connectivity index (χ3n) is 4.53. The van der Waals surface area contributed by atoms with E-state index in [9.17, 15) is 0 Å². The zero-order chi connectivity index (χ0) is 15.7. The lowest BCUT2D eigenvalue weighted by molar-refractivity contribution is -0.0531. The average Bonchev–Trinajstić information content (AvgIpc) is 2.79. The predicted octanol–water partition coefficient (Wildman–Crippen LogP) is 4.39. The SMILES string of the molecule is COC1(c2nc(C)c(CNC(C)(C)C)s2)CCC(C)CC1. The maximum atomic E-state index is 5.95. The Bertz CT molecular complexity index is 468. The number of rotatable bonds is 4. The first kappa shape index (κ1) is 16.9. The Morgan fingerprint density at radius 2 is 1.95 bits per heavy atom. The molecule has 0 amide bonds. The molecule has 0 atom stereocenters. The minimum Gasteiger partial charge on any atom is -0.371 e. The molecule has 0 unspecified atom stereocenters. The lowest BCUT2D eigenvalue weighted by Crippen LogP contribution is -2.35. The quantitative estimate of drug-likeness (QED) is 0.895. The van der Waals surface area contributed by atoms with E-state index in [1.165, 1.54) is 22.7 Å². The van der Waals surface area contributed by atoms with Crippen LogP contribution >= 0.6 is 11.3 Å². The van der Waals surface area contributed by atoms with Gasteiger partial charge in [0.1, 0.15) is 10.6 Å². The third kappa shape index (κ3) is 4.05. The summed E-state index contributed by atoms with van der Waals surface area (Å²) in [5.74, 6) is 0.816. The van der Waals surface area contributed by atoms with Gasteiger partial charge in [-0.2, -0.15) is 0 Å². The van der Waals surface area contributed by atoms with Crippen LogP contribution < -0.4 is 5.32 Å². The molecule has 1 aromatic rings. The third-order valence-corrected chi connectivity index (χ3v) is 5.88. The fraction of sp³-hybridized carbons (Fsp3) is 0.824. The summed E-state index contributed by atoms with van der Waals surface area (Å²) in [6, 6.07) is 0. The number of nitrogens with zero attached hydrogens (tertiary/aromatic N) is 1. The Hall–Kier alpha value is -0.450. The molecule has 1 fully saturated rings. The fourth-order valence-electron chi connectivity index (χ4n) is 2.87. The van der Waals surface area contributed by atoms with Gasteiger partial charge in [-0.05, 0) is 59.3 Å². The van der Waals surface area contributed by atoms with Crippen LogP contribution in [-0.2, 0) is 16.9 Å². The van der Waals surface area contributed by atoms with E-state index < -0.39 is 0 Å². The van der Waals surface area contributed by atoms with Crippen molar-refractivity contribution in [1.82, 2.24) is 10.3 Å². The summed E-state index contributed by atoms with van der Waals surface area (Å²) in [7, 11) is 1.85. The van der Waals surface area contributed by atoms with Crippen LogP contribution in [0.15, 0.2) is 0 Å². The lowest BCUT2D eigenvalue weighted by Gasteiger charge is -2.36. The molecular weight excluding hydrogens is 280 g/mol. The highest BCUT2D eigenvalue weighted by Crippen LogP contribution is 2.44. The van der Waals surface area contributed by atoms with Crippen molar-refractivity contribution in [3.8, 4) is 0 Å². The van der Waals surface area contributed by atoms with E-state index in [1.54, 1.807) is 0 Å². The Kier molecular flexibility index (Phi) is 5.11. The zero-order valence-electron chi connectivity index (χ0n) is 14.4. The standard InChI is InChI=1S/C17H30N2OS/c1-12-7-9-17(20-6,10-8-12)15-19-13(2)14(21-15)11-18-16(3,4)5/h12,18H,7-11H2,1-6H3. The van der Waals surface area contributed by atoms with E-state index in [0.717, 1.165) is 31.0 Å². The number of aromatic nitrogens is 1. The first-order chi connectivity index (χ1) is 9.76. The molecule has 1 aliphatic carbocycles. The van der Waals surface area contributed by atoms with Gasteiger partial charge in [-0.15, -0.1) is 11.3 Å². The van der Waals surface area contributed by atoms with Gasteiger partial charge in [0, 0.05) is 24.1 Å². The molecule has 21 heavy (non-hydrogen) atoms. The maximum absolute atomic E-state index is 5.95. The van der Waals surface area contributed by atoms with Gasteiger partial charge in [0.15, 0.2) is 0 Å². The predicted molar refractivity (Wildman–Crippen MR) is 89.8 cm³/mol. The molecule has 0 aliphatic heterocycles. The Morgan fingerprint density at radius 1 is 1.33 bits per heavy atom. The summed E-state index contributed by atoms with van der Waals surface area (Å²) in [5, 5.41) is 4.74. The summed E-state index contributed by atoms with van der Waals surface area (Å²) < 4.78 is 5.95. The topological polar surface area (TPSA) is 34.1 Å². The Labute approximate surface area is 133 Å². The monoisotopic (exact) mass is 310 g/mol. The van der Waals surface area contributed by atoms with Crippen molar-refractivity contribution in [3.05, 3.63) is 15.6 Å². The van der Waals surface area contributed by atoms with Gasteiger partial charge in [-0.25, -0.2) is 4.98 Å². The van der Waals surface area contributed by atoms with Crippen molar-refractivity contribution >= 4 is 11.3 Å². The van der Waals surface area contributed by atoms with Crippen LogP contribution in [0.3, 0.4) is 0 Å². The van der Waals surface area contributed by atoms with Crippen LogP contribution in [0.5, 0.6) is 0 Å². The van der Waals surface area contributed by atoms with E-state index in [0.29, 0.717) is 0 Å². The first-order valence-corrected chi connectivity index (χ1v) is 8.84. The second-order valence-electron chi connectivity index (χ2n) is 7.51. The number of methoxy groups -OCH3 is 1. The highest BCUT2D eigenvalue weighted by Gasteiger charge is 2.39. The summed E-state index contributed by atoms with van der Waals surface area (Å²) in [6.45, 7) is 11.9. The highest BCUT2D eigenvalue weighted by atomic mass is 32.1. The normalized spacial score (nSPS) is 27.0. The number of hydrogen-bond donors (Lipinski definition) is 1. The number of thiazole rings is 1. The molecular formula is C17H30N2OS. The number of nitrogens with one attached hydrogen (secondary N) is 1. The summed E-state index contributed by atoms with van der Waals surface area (Å²) in [4.78, 5) is 6.20. The van der Waals surface area contributed by atoms with Gasteiger partial charge >= 0.3 is 0 Å². The molecule has 120 valence electrons. The summed E-state index contributed by atoms with van der Waals surface area (Å²) in [6.07, 6.45) is 4.68. The molecule has 1 N–H and O–H groups in total. The second-order valence-corrected chi connectivity index (χ2v) is 8.60. The van der Waals surface area contributed by atoms with Crippen LogP contribution in [0.4, 0.5) is 0 Å². The van der Waals surface area contributed by atoms with E-state index in [-0.39, 0.29) is 11.1 Å². The van der Waals surface area contributed by atoms with Crippen molar-refractivity contribution in [3.63, 3.8) is 0 Å². The molecule has 4 heteroatoms. The Balaban J connectivity index is 2.16. The first-order valence-electron chi connectivity index (χ1n) is 8.03. The van der Waals surface area contributed by atoms with Crippen molar-refractivity contribution < 1.29 is 4.74 Å². The maximum Gasteiger partial charge on any atom is 0.125 e. The van der Waals surface area contributed by atoms with E-state index in [1.807, 2.05) is 18.4 Å². The van der Waals surface area contributed by atoms with E-state index in [2.05, 4.69) is 39.9 Å². The molecule has 0 bridgehead atoms. The number of aryl methyl sites for hydroxylation is 1. The van der Waals surface area contributed by atoms with Gasteiger partial charge in [0.25, 0.3) is 0 Å². The molecule has 1 saturated carbocycles. The van der Waals surface area contributed by atoms with Crippen LogP contribution in [0.1, 0.15) is 69.0 Å². The van der Waals surface area contributed by atoms with Crippen LogP contribution in [-0.4, -0.2) is 17.6 Å². The number of ether oxygens (including phenoxy) is 1. The fourth-order valence-corrected chi connectivity index (χ4v) is 4.09. The lowest BCUT2D eigenvalue weighted by atomic mass is 9.80. The molecule has 0 radical (unpaired) electrons. The molecule has 3 nitrogen and oxygen atoms in total. The Morgan fingerprint density at radius 3 is 2.48 bits per heavy atom. The number of hydrogen-bond acceptors (Lipinski definition) is 4. The van der Waals surface area contributed by atoms with Gasteiger partial charge in [0.05, 0.1) is 5.69 Å². The largest absolute Gasteiger partial charge is 0.371 e. The summed E-state index contributed by atoms with van der Waals surface area (Å²) in [5.41, 5.74) is 1.15. The van der Waals surface area contributed by atoms with Gasteiger partial charge < -0.3 is 10.1 Å². The van der Waals surface area contributed by atoms with Crippen molar-refractivity contribution in [2.24, 2.45) is 5.92 Å². The van der Waals surface area contributed by atoms with Crippen LogP contribution in [0.2, 0.25) is 0 Å². The van der Waals surface area contributed by atoms with Gasteiger partial charge in [0.2, 0.25) is 0 Å². The molecule has 0 saturated heterocycles. The molecule has 0 spiro atoms. The highest BCUT2D eigenvalue weighted by molar-refractivity contribution is 7.11. The minimum atomic E-state index is -0.137. The molecule has 2 rings (SSSR count). The molecule has 1 aliphatic rings. The van der Waals surface area contributed by atoms with Crippen LogP contribution in [0, 0.1) is 12.8 Å². The smallest absolute Gasteiger partial charge is 0.125 e. The molecule has 1 heterocycles. The van der Waals surface area contributed by atoms with Crippen molar-refractivity contribution in [2.75, 3.05) is 7.11 Å². The van der Waals surface area contributed by atoms with Gasteiger partial charge in [-0.3, -0.25) is 0 Å². The van der Waals surface area contributed by atoms with Crippen molar-refractivity contribution in [2.45, 2.75) is 78.0 Å². The summed E-state index contributed by atoms with van der Waals surface area (Å²) >= 11 is 1.83. The van der Waals surface area contributed by atoms with Crippen molar-refractivity contribution in [1.29, 1.82) is 0 Å². The zero-order valence-corrected chi connectivity index (χ0v) is 15.2. The molecule has 1 aromatic heterocycles.